The minimum atomic E-state index is -0.276. The summed E-state index contributed by atoms with van der Waals surface area (Å²) < 4.78 is 15.3. The van der Waals surface area contributed by atoms with Crippen LogP contribution in [0.15, 0.2) is 60.9 Å². The Balaban J connectivity index is 2.06. The molecule has 0 atom stereocenters. The average Bonchev–Trinajstić information content (AvgIpc) is 2.89. The van der Waals surface area contributed by atoms with E-state index in [-0.39, 0.29) is 5.82 Å². The SMILES string of the molecule is Cc1ccccc1-c1cnn(-c2ccccc2F)c1. The number of para-hydroxylation sites is 1. The van der Waals surface area contributed by atoms with Gasteiger partial charge >= 0.3 is 0 Å². The van der Waals surface area contributed by atoms with Crippen LogP contribution in [0.25, 0.3) is 16.8 Å². The fourth-order valence-electron chi connectivity index (χ4n) is 2.13. The van der Waals surface area contributed by atoms with Gasteiger partial charge in [-0.15, -0.1) is 0 Å². The molecule has 3 aromatic rings. The third-order valence-corrected chi connectivity index (χ3v) is 3.14. The summed E-state index contributed by atoms with van der Waals surface area (Å²) in [6.45, 7) is 2.05. The molecule has 0 aliphatic rings. The molecule has 0 saturated carbocycles. The van der Waals surface area contributed by atoms with Crippen LogP contribution in [-0.4, -0.2) is 9.78 Å². The Morgan fingerprint density at radius 2 is 1.74 bits per heavy atom. The maximum absolute atomic E-state index is 13.7. The van der Waals surface area contributed by atoms with Crippen molar-refractivity contribution in [3.8, 4) is 16.8 Å². The summed E-state index contributed by atoms with van der Waals surface area (Å²) >= 11 is 0. The first-order chi connectivity index (χ1) is 9.25. The van der Waals surface area contributed by atoms with Crippen molar-refractivity contribution in [1.82, 2.24) is 9.78 Å². The molecule has 0 radical (unpaired) electrons. The predicted molar refractivity (Wildman–Crippen MR) is 73.7 cm³/mol. The Morgan fingerprint density at radius 3 is 2.53 bits per heavy atom. The first-order valence-corrected chi connectivity index (χ1v) is 6.11. The molecule has 0 aliphatic carbocycles. The molecule has 0 N–H and O–H groups in total. The minimum Gasteiger partial charge on any atom is -0.237 e. The molecule has 3 rings (SSSR count). The monoisotopic (exact) mass is 252 g/mol. The Hall–Kier alpha value is -2.42. The highest BCUT2D eigenvalue weighted by Crippen LogP contribution is 2.23. The smallest absolute Gasteiger partial charge is 0.148 e. The molecule has 0 aliphatic heterocycles. The second kappa shape index (κ2) is 4.69. The van der Waals surface area contributed by atoms with Gasteiger partial charge in [0.25, 0.3) is 0 Å². The normalized spacial score (nSPS) is 10.6. The number of benzene rings is 2. The summed E-state index contributed by atoms with van der Waals surface area (Å²) in [5, 5.41) is 4.24. The van der Waals surface area contributed by atoms with E-state index in [0.29, 0.717) is 5.69 Å². The van der Waals surface area contributed by atoms with Gasteiger partial charge in [-0.3, -0.25) is 0 Å². The Kier molecular flexibility index (Phi) is 2.88. The van der Waals surface area contributed by atoms with E-state index < -0.39 is 0 Å². The largest absolute Gasteiger partial charge is 0.237 e. The van der Waals surface area contributed by atoms with Gasteiger partial charge in [0.2, 0.25) is 0 Å². The van der Waals surface area contributed by atoms with E-state index in [4.69, 9.17) is 0 Å². The van der Waals surface area contributed by atoms with Crippen LogP contribution in [0.1, 0.15) is 5.56 Å². The molecule has 0 bridgehead atoms. The zero-order chi connectivity index (χ0) is 13.2. The molecule has 1 heterocycles. The second-order valence-corrected chi connectivity index (χ2v) is 4.44. The summed E-state index contributed by atoms with van der Waals surface area (Å²) in [6, 6.07) is 14.7. The fourth-order valence-corrected chi connectivity index (χ4v) is 2.13. The number of hydrogen-bond acceptors (Lipinski definition) is 1. The van der Waals surface area contributed by atoms with E-state index in [2.05, 4.69) is 18.1 Å². The molecule has 2 aromatic carbocycles. The van der Waals surface area contributed by atoms with Crippen molar-refractivity contribution in [1.29, 1.82) is 0 Å². The summed E-state index contributed by atoms with van der Waals surface area (Å²) in [7, 11) is 0. The van der Waals surface area contributed by atoms with Crippen molar-refractivity contribution in [2.75, 3.05) is 0 Å². The van der Waals surface area contributed by atoms with Crippen LogP contribution in [0.5, 0.6) is 0 Å². The topological polar surface area (TPSA) is 17.8 Å². The predicted octanol–water partition coefficient (Wildman–Crippen LogP) is 3.99. The lowest BCUT2D eigenvalue weighted by Gasteiger charge is -2.03. The lowest BCUT2D eigenvalue weighted by molar-refractivity contribution is 0.611. The van der Waals surface area contributed by atoms with Crippen LogP contribution in [0.2, 0.25) is 0 Å². The highest BCUT2D eigenvalue weighted by Gasteiger charge is 2.08. The van der Waals surface area contributed by atoms with Gasteiger partial charge in [-0.25, -0.2) is 9.07 Å². The zero-order valence-corrected chi connectivity index (χ0v) is 10.5. The fraction of sp³-hybridized carbons (Fsp3) is 0.0625. The van der Waals surface area contributed by atoms with Gasteiger partial charge in [0.05, 0.1) is 6.20 Å². The Bertz CT molecular complexity index is 656. The molecule has 0 spiro atoms. The van der Waals surface area contributed by atoms with E-state index in [1.807, 2.05) is 24.4 Å². The van der Waals surface area contributed by atoms with E-state index in [1.165, 1.54) is 11.6 Å². The first kappa shape index (κ1) is 11.7. The average molecular weight is 252 g/mol. The lowest BCUT2D eigenvalue weighted by Crippen LogP contribution is -1.96. The molecule has 0 saturated heterocycles. The summed E-state index contributed by atoms with van der Waals surface area (Å²) in [6.07, 6.45) is 3.61. The third-order valence-electron chi connectivity index (χ3n) is 3.14. The van der Waals surface area contributed by atoms with E-state index >= 15 is 0 Å². The number of aromatic nitrogens is 2. The van der Waals surface area contributed by atoms with Crippen LogP contribution >= 0.6 is 0 Å². The number of aryl methyl sites for hydroxylation is 1. The maximum atomic E-state index is 13.7. The zero-order valence-electron chi connectivity index (χ0n) is 10.5. The van der Waals surface area contributed by atoms with Gasteiger partial charge < -0.3 is 0 Å². The minimum absolute atomic E-state index is 0.276. The second-order valence-electron chi connectivity index (χ2n) is 4.44. The number of nitrogens with zero attached hydrogens (tertiary/aromatic N) is 2. The van der Waals surface area contributed by atoms with Gasteiger partial charge in [-0.2, -0.15) is 5.10 Å². The van der Waals surface area contributed by atoms with Crippen molar-refractivity contribution in [2.24, 2.45) is 0 Å². The number of halogens is 1. The molecule has 1 aromatic heterocycles. The van der Waals surface area contributed by atoms with Crippen LogP contribution < -0.4 is 0 Å². The molecule has 0 amide bonds. The molecule has 2 nitrogen and oxygen atoms in total. The Labute approximate surface area is 111 Å². The van der Waals surface area contributed by atoms with Crippen LogP contribution in [0.3, 0.4) is 0 Å². The molecule has 0 unspecified atom stereocenters. The van der Waals surface area contributed by atoms with E-state index in [0.717, 1.165) is 11.1 Å². The Morgan fingerprint density at radius 1 is 1.00 bits per heavy atom. The first-order valence-electron chi connectivity index (χ1n) is 6.11. The number of hydrogen-bond donors (Lipinski definition) is 0. The van der Waals surface area contributed by atoms with E-state index in [9.17, 15) is 4.39 Å². The molecule has 0 fully saturated rings. The van der Waals surface area contributed by atoms with Gasteiger partial charge in [0.1, 0.15) is 11.5 Å². The molecule has 3 heteroatoms. The van der Waals surface area contributed by atoms with Crippen molar-refractivity contribution in [2.45, 2.75) is 6.92 Å². The quantitative estimate of drug-likeness (QED) is 0.674. The standard InChI is InChI=1S/C16H13FN2/c1-12-6-2-3-7-14(12)13-10-18-19(11-13)16-9-5-4-8-15(16)17/h2-11H,1H3. The van der Waals surface area contributed by atoms with Crippen LogP contribution in [-0.2, 0) is 0 Å². The highest BCUT2D eigenvalue weighted by molar-refractivity contribution is 5.66. The van der Waals surface area contributed by atoms with Crippen LogP contribution in [0, 0.1) is 12.7 Å². The molecule has 94 valence electrons. The van der Waals surface area contributed by atoms with Crippen molar-refractivity contribution in [3.05, 3.63) is 72.3 Å². The number of rotatable bonds is 2. The molecule has 19 heavy (non-hydrogen) atoms. The van der Waals surface area contributed by atoms with E-state index in [1.54, 1.807) is 29.1 Å². The van der Waals surface area contributed by atoms with Crippen molar-refractivity contribution in [3.63, 3.8) is 0 Å². The van der Waals surface area contributed by atoms with Gasteiger partial charge in [0.15, 0.2) is 0 Å². The van der Waals surface area contributed by atoms with Crippen molar-refractivity contribution < 1.29 is 4.39 Å². The summed E-state index contributed by atoms with van der Waals surface area (Å²) in [5.41, 5.74) is 3.74. The van der Waals surface area contributed by atoms with Gasteiger partial charge in [0, 0.05) is 11.8 Å². The molecular formula is C16H13FN2. The summed E-state index contributed by atoms with van der Waals surface area (Å²) in [5.74, 6) is -0.276. The highest BCUT2D eigenvalue weighted by atomic mass is 19.1. The maximum Gasteiger partial charge on any atom is 0.148 e. The lowest BCUT2D eigenvalue weighted by atomic mass is 10.0. The molecular weight excluding hydrogens is 239 g/mol. The van der Waals surface area contributed by atoms with Crippen LogP contribution in [0.4, 0.5) is 4.39 Å². The van der Waals surface area contributed by atoms with Gasteiger partial charge in [-0.1, -0.05) is 36.4 Å². The van der Waals surface area contributed by atoms with Crippen molar-refractivity contribution >= 4 is 0 Å². The third kappa shape index (κ3) is 2.15. The summed E-state index contributed by atoms with van der Waals surface area (Å²) in [4.78, 5) is 0. The van der Waals surface area contributed by atoms with Gasteiger partial charge in [-0.05, 0) is 30.2 Å².